The molecule has 3 rings (SSSR count). The maximum absolute atomic E-state index is 12.6. The number of aromatic nitrogens is 4. The van der Waals surface area contributed by atoms with Crippen LogP contribution in [-0.4, -0.2) is 40.3 Å². The van der Waals surface area contributed by atoms with E-state index in [0.717, 1.165) is 6.26 Å². The smallest absolute Gasteiger partial charge is 0.251 e. The first-order chi connectivity index (χ1) is 13.1. The molecule has 2 heterocycles. The molecule has 0 saturated carbocycles. The van der Waals surface area contributed by atoms with Crippen LogP contribution in [0.25, 0.3) is 5.82 Å². The normalized spacial score (nSPS) is 12.1. The molecule has 0 saturated heterocycles. The second-order valence-electron chi connectivity index (χ2n) is 6.12. The number of halogens is 1. The summed E-state index contributed by atoms with van der Waals surface area (Å²) in [6.45, 7) is 1.72. The van der Waals surface area contributed by atoms with E-state index >= 15 is 0 Å². The number of rotatable bonds is 5. The molecule has 0 bridgehead atoms. The summed E-state index contributed by atoms with van der Waals surface area (Å²) in [7, 11) is -3.51. The van der Waals surface area contributed by atoms with Crippen molar-refractivity contribution < 1.29 is 13.2 Å². The van der Waals surface area contributed by atoms with Crippen LogP contribution in [0.15, 0.2) is 47.8 Å². The maximum Gasteiger partial charge on any atom is 0.251 e. The minimum atomic E-state index is -3.51. The SMILES string of the molecule is C[C@@H](NC(=O)c1cc(Cl)cc(S(C)(=O)=O)c1)c1ncnn1-c1ccc(N)cn1.S. The van der Waals surface area contributed by atoms with Crippen LogP contribution in [0.3, 0.4) is 0 Å². The van der Waals surface area contributed by atoms with Gasteiger partial charge in [0.1, 0.15) is 6.33 Å². The Kier molecular flexibility index (Phi) is 6.88. The standard InChI is InChI=1S/C17H17ClN6O3S.H2S/c1-10(16-21-9-22-24(16)15-4-3-13(19)8-20-15)23-17(25)11-5-12(18)7-14(6-11)28(2,26)27;/h3-10H,19H2,1-2H3,(H,23,25);1H2/t10-;/m1./s1. The molecule has 0 fully saturated rings. The number of nitrogens with one attached hydrogen (secondary N) is 1. The van der Waals surface area contributed by atoms with Gasteiger partial charge in [-0.25, -0.2) is 18.4 Å². The predicted molar refractivity (Wildman–Crippen MR) is 114 cm³/mol. The van der Waals surface area contributed by atoms with Crippen LogP contribution in [0.4, 0.5) is 5.69 Å². The molecule has 0 radical (unpaired) electrons. The van der Waals surface area contributed by atoms with Gasteiger partial charge in [-0.1, -0.05) is 11.6 Å². The number of benzene rings is 1. The van der Waals surface area contributed by atoms with Crippen LogP contribution in [0, 0.1) is 0 Å². The number of nitrogen functional groups attached to an aromatic ring is 1. The summed E-state index contributed by atoms with van der Waals surface area (Å²) >= 11 is 5.96. The molecular formula is C17H19ClN6O3S2. The van der Waals surface area contributed by atoms with Gasteiger partial charge in [0.15, 0.2) is 21.5 Å². The van der Waals surface area contributed by atoms with E-state index in [-0.39, 0.29) is 29.0 Å². The van der Waals surface area contributed by atoms with Crippen molar-refractivity contribution in [3.8, 4) is 5.82 Å². The lowest BCUT2D eigenvalue weighted by molar-refractivity contribution is 0.0937. The van der Waals surface area contributed by atoms with Crippen molar-refractivity contribution in [2.75, 3.05) is 12.0 Å². The van der Waals surface area contributed by atoms with Gasteiger partial charge in [-0.05, 0) is 37.3 Å². The van der Waals surface area contributed by atoms with Crippen molar-refractivity contribution in [3.05, 3.63) is 59.3 Å². The number of nitrogens with zero attached hydrogens (tertiary/aromatic N) is 4. The summed E-state index contributed by atoms with van der Waals surface area (Å²) in [5, 5.41) is 7.03. The molecule has 12 heteroatoms. The molecule has 9 nitrogen and oxygen atoms in total. The second kappa shape index (κ2) is 8.80. The van der Waals surface area contributed by atoms with Crippen molar-refractivity contribution >= 4 is 46.5 Å². The molecule has 1 atom stereocenters. The molecule has 0 aliphatic heterocycles. The van der Waals surface area contributed by atoms with E-state index in [1.165, 1.54) is 35.4 Å². The number of hydrogen-bond acceptors (Lipinski definition) is 7. The first-order valence-electron chi connectivity index (χ1n) is 8.08. The molecule has 0 unspecified atom stereocenters. The monoisotopic (exact) mass is 454 g/mol. The van der Waals surface area contributed by atoms with Crippen LogP contribution in [0.5, 0.6) is 0 Å². The fourth-order valence-electron chi connectivity index (χ4n) is 2.50. The average molecular weight is 455 g/mol. The van der Waals surface area contributed by atoms with Gasteiger partial charge in [-0.3, -0.25) is 4.79 Å². The average Bonchev–Trinajstić information content (AvgIpc) is 3.11. The molecule has 1 amide bonds. The zero-order valence-electron chi connectivity index (χ0n) is 15.5. The predicted octanol–water partition coefficient (Wildman–Crippen LogP) is 1.91. The quantitative estimate of drug-likeness (QED) is 0.601. The topological polar surface area (TPSA) is 133 Å². The van der Waals surface area contributed by atoms with Crippen LogP contribution >= 0.6 is 25.1 Å². The van der Waals surface area contributed by atoms with E-state index in [0.29, 0.717) is 17.3 Å². The highest BCUT2D eigenvalue weighted by Gasteiger charge is 2.20. The number of sulfone groups is 1. The third kappa shape index (κ3) is 5.25. The second-order valence-corrected chi connectivity index (χ2v) is 8.57. The van der Waals surface area contributed by atoms with Gasteiger partial charge in [0.2, 0.25) is 0 Å². The van der Waals surface area contributed by atoms with Crippen molar-refractivity contribution in [1.82, 2.24) is 25.1 Å². The van der Waals surface area contributed by atoms with Crippen molar-refractivity contribution in [1.29, 1.82) is 0 Å². The Morgan fingerprint density at radius 1 is 1.24 bits per heavy atom. The van der Waals surface area contributed by atoms with Crippen LogP contribution in [-0.2, 0) is 9.84 Å². The molecule has 29 heavy (non-hydrogen) atoms. The summed E-state index contributed by atoms with van der Waals surface area (Å²) in [5.41, 5.74) is 6.28. The van der Waals surface area contributed by atoms with Crippen LogP contribution in [0.2, 0.25) is 5.02 Å². The first-order valence-corrected chi connectivity index (χ1v) is 10.4. The van der Waals surface area contributed by atoms with E-state index < -0.39 is 21.8 Å². The van der Waals surface area contributed by atoms with Gasteiger partial charge < -0.3 is 11.1 Å². The van der Waals surface area contributed by atoms with Crippen molar-refractivity contribution in [3.63, 3.8) is 0 Å². The lowest BCUT2D eigenvalue weighted by atomic mass is 10.2. The largest absolute Gasteiger partial charge is 0.397 e. The molecule has 3 aromatic rings. The minimum absolute atomic E-state index is 0. The highest BCUT2D eigenvalue weighted by Crippen LogP contribution is 2.20. The zero-order chi connectivity index (χ0) is 20.5. The summed E-state index contributed by atoms with van der Waals surface area (Å²) in [4.78, 5) is 21.0. The van der Waals surface area contributed by atoms with Gasteiger partial charge in [-0.2, -0.15) is 23.3 Å². The summed E-state index contributed by atoms with van der Waals surface area (Å²) in [6, 6.07) is 6.77. The summed E-state index contributed by atoms with van der Waals surface area (Å²) in [6.07, 6.45) is 3.88. The van der Waals surface area contributed by atoms with E-state index in [4.69, 9.17) is 17.3 Å². The molecule has 3 N–H and O–H groups in total. The van der Waals surface area contributed by atoms with E-state index in [9.17, 15) is 13.2 Å². The van der Waals surface area contributed by atoms with Gasteiger partial charge in [0.25, 0.3) is 5.91 Å². The highest BCUT2D eigenvalue weighted by atomic mass is 35.5. The third-order valence-corrected chi connectivity index (χ3v) is 5.17. The van der Waals surface area contributed by atoms with E-state index in [1.54, 1.807) is 19.1 Å². The molecule has 1 aromatic carbocycles. The molecule has 0 aliphatic carbocycles. The molecule has 154 valence electrons. The molecule has 0 spiro atoms. The highest BCUT2D eigenvalue weighted by molar-refractivity contribution is 7.90. The van der Waals surface area contributed by atoms with E-state index in [2.05, 4.69) is 20.4 Å². The zero-order valence-corrected chi connectivity index (χ0v) is 18.1. The molecular weight excluding hydrogens is 436 g/mol. The first kappa shape index (κ1) is 22.7. The Balaban J connectivity index is 0.00000300. The number of nitrogens with two attached hydrogens (primary N) is 1. The number of pyridine rings is 1. The van der Waals surface area contributed by atoms with E-state index in [1.807, 2.05) is 0 Å². The van der Waals surface area contributed by atoms with Gasteiger partial charge >= 0.3 is 0 Å². The molecule has 2 aromatic heterocycles. The Morgan fingerprint density at radius 3 is 2.59 bits per heavy atom. The van der Waals surface area contributed by atoms with Gasteiger partial charge in [-0.15, -0.1) is 0 Å². The van der Waals surface area contributed by atoms with Crippen molar-refractivity contribution in [2.24, 2.45) is 0 Å². The number of amides is 1. The van der Waals surface area contributed by atoms with Crippen molar-refractivity contribution in [2.45, 2.75) is 17.9 Å². The lowest BCUT2D eigenvalue weighted by Gasteiger charge is -2.15. The minimum Gasteiger partial charge on any atom is -0.397 e. The Labute approximate surface area is 179 Å². The summed E-state index contributed by atoms with van der Waals surface area (Å²) < 4.78 is 25.0. The van der Waals surface area contributed by atoms with Crippen LogP contribution < -0.4 is 11.1 Å². The Hall–Kier alpha value is -2.63. The fraction of sp³-hybridized carbons (Fsp3) is 0.176. The number of carbonyl (C=O) groups excluding carboxylic acids is 1. The van der Waals surface area contributed by atoms with Gasteiger partial charge in [0, 0.05) is 16.8 Å². The number of carbonyl (C=O) groups is 1. The van der Waals surface area contributed by atoms with Gasteiger partial charge in [0.05, 0.1) is 22.8 Å². The number of anilines is 1. The maximum atomic E-state index is 12.6. The molecule has 0 aliphatic rings. The fourth-order valence-corrected chi connectivity index (χ4v) is 3.48. The summed E-state index contributed by atoms with van der Waals surface area (Å²) in [5.74, 6) is 0.431. The number of hydrogen-bond donors (Lipinski definition) is 2. The van der Waals surface area contributed by atoms with Crippen LogP contribution in [0.1, 0.15) is 29.1 Å². The Bertz CT molecular complexity index is 1130. The third-order valence-electron chi connectivity index (χ3n) is 3.86. The lowest BCUT2D eigenvalue weighted by Crippen LogP contribution is -2.29. The Morgan fingerprint density at radius 2 is 1.97 bits per heavy atom.